The summed E-state index contributed by atoms with van der Waals surface area (Å²) in [6, 6.07) is 0. The zero-order valence-corrected chi connectivity index (χ0v) is 7.09. The van der Waals surface area contributed by atoms with Gasteiger partial charge in [-0.2, -0.15) is 0 Å². The third-order valence-electron chi connectivity index (χ3n) is 2.02. The van der Waals surface area contributed by atoms with Crippen molar-refractivity contribution in [2.45, 2.75) is 26.9 Å². The third-order valence-corrected chi connectivity index (χ3v) is 2.02. The first-order chi connectivity index (χ1) is 4.80. The Bertz CT molecular complexity index is 182. The van der Waals surface area contributed by atoms with Crippen molar-refractivity contribution in [3.63, 3.8) is 0 Å². The van der Waals surface area contributed by atoms with Gasteiger partial charge in [-0.25, -0.2) is 4.79 Å². The Morgan fingerprint density at radius 1 is 1.55 bits per heavy atom. The molecule has 0 saturated heterocycles. The molecule has 0 aromatic rings. The summed E-state index contributed by atoms with van der Waals surface area (Å²) in [5, 5.41) is 17.6. The van der Waals surface area contributed by atoms with Gasteiger partial charge in [-0.1, -0.05) is 26.0 Å². The summed E-state index contributed by atoms with van der Waals surface area (Å²) < 4.78 is 0. The maximum Gasteiger partial charge on any atom is 0.333 e. The molecule has 0 heterocycles. The summed E-state index contributed by atoms with van der Waals surface area (Å²) in [5.74, 6) is -1.21. The van der Waals surface area contributed by atoms with Crippen LogP contribution in [0.3, 0.4) is 0 Å². The van der Waals surface area contributed by atoms with Crippen LogP contribution >= 0.6 is 0 Å². The van der Waals surface area contributed by atoms with E-state index in [1.165, 1.54) is 0 Å². The van der Waals surface area contributed by atoms with Crippen LogP contribution in [-0.4, -0.2) is 22.3 Å². The lowest BCUT2D eigenvalue weighted by Gasteiger charge is -2.27. The van der Waals surface area contributed by atoms with Crippen molar-refractivity contribution < 1.29 is 15.0 Å². The molecule has 1 unspecified atom stereocenters. The van der Waals surface area contributed by atoms with Crippen molar-refractivity contribution in [1.82, 2.24) is 0 Å². The van der Waals surface area contributed by atoms with Gasteiger partial charge in [-0.3, -0.25) is 0 Å². The number of carbonyl (C=O) groups is 1. The van der Waals surface area contributed by atoms with Crippen LogP contribution < -0.4 is 0 Å². The topological polar surface area (TPSA) is 57.5 Å². The number of rotatable bonds is 3. The maximum absolute atomic E-state index is 10.4. The molecule has 0 aliphatic carbocycles. The van der Waals surface area contributed by atoms with Crippen molar-refractivity contribution in [2.24, 2.45) is 5.41 Å². The Balaban J connectivity index is 4.55. The second kappa shape index (κ2) is 3.05. The predicted molar refractivity (Wildman–Crippen MR) is 42.2 cm³/mol. The van der Waals surface area contributed by atoms with Crippen molar-refractivity contribution in [3.05, 3.63) is 12.2 Å². The molecule has 64 valence electrons. The van der Waals surface area contributed by atoms with E-state index < -0.39 is 17.5 Å². The van der Waals surface area contributed by atoms with E-state index in [0.717, 1.165) is 0 Å². The number of carboxylic acids is 1. The van der Waals surface area contributed by atoms with Gasteiger partial charge in [0.25, 0.3) is 0 Å². The van der Waals surface area contributed by atoms with E-state index in [-0.39, 0.29) is 0 Å². The monoisotopic (exact) mass is 158 g/mol. The van der Waals surface area contributed by atoms with Gasteiger partial charge >= 0.3 is 5.97 Å². The van der Waals surface area contributed by atoms with Crippen LogP contribution in [0.25, 0.3) is 0 Å². The zero-order valence-electron chi connectivity index (χ0n) is 7.09. The van der Waals surface area contributed by atoms with Gasteiger partial charge in [0.1, 0.15) is 0 Å². The number of hydrogen-bond donors (Lipinski definition) is 2. The minimum absolute atomic E-state index is 0.660. The first kappa shape index (κ1) is 10.2. The number of aliphatic carboxylic acids is 1. The van der Waals surface area contributed by atoms with Gasteiger partial charge in [0.2, 0.25) is 0 Å². The molecule has 0 saturated carbocycles. The van der Waals surface area contributed by atoms with E-state index in [1.807, 2.05) is 0 Å². The summed E-state index contributed by atoms with van der Waals surface area (Å²) in [5.41, 5.74) is -0.0985. The molecule has 2 N–H and O–H groups in total. The third kappa shape index (κ3) is 2.05. The lowest BCUT2D eigenvalue weighted by molar-refractivity contribution is -0.151. The second-order valence-electron chi connectivity index (χ2n) is 3.24. The van der Waals surface area contributed by atoms with Crippen LogP contribution in [0.15, 0.2) is 12.2 Å². The lowest BCUT2D eigenvalue weighted by Crippen LogP contribution is -2.36. The first-order valence-electron chi connectivity index (χ1n) is 3.37. The van der Waals surface area contributed by atoms with E-state index >= 15 is 0 Å². The molecular formula is C8H14O3. The smallest absolute Gasteiger partial charge is 0.333 e. The van der Waals surface area contributed by atoms with Gasteiger partial charge < -0.3 is 10.2 Å². The fraction of sp³-hybridized carbons (Fsp3) is 0.625. The molecule has 3 heteroatoms. The van der Waals surface area contributed by atoms with Gasteiger partial charge in [-0.15, -0.1) is 0 Å². The normalized spacial score (nSPS) is 14.2. The summed E-state index contributed by atoms with van der Waals surface area (Å²) in [6.07, 6.45) is -1.38. The molecule has 0 spiro atoms. The van der Waals surface area contributed by atoms with Crippen molar-refractivity contribution >= 4 is 5.97 Å². The summed E-state index contributed by atoms with van der Waals surface area (Å²) in [7, 11) is 0. The fourth-order valence-electron chi connectivity index (χ4n) is 0.542. The Hall–Kier alpha value is -0.830. The van der Waals surface area contributed by atoms with Gasteiger partial charge in [0.05, 0.1) is 0 Å². The first-order valence-corrected chi connectivity index (χ1v) is 3.37. The molecule has 3 nitrogen and oxygen atoms in total. The van der Waals surface area contributed by atoms with Crippen LogP contribution in [-0.2, 0) is 4.79 Å². The number of hydrogen-bond acceptors (Lipinski definition) is 2. The van der Waals surface area contributed by atoms with E-state index in [4.69, 9.17) is 10.2 Å². The van der Waals surface area contributed by atoms with Crippen LogP contribution in [0.1, 0.15) is 20.8 Å². The molecule has 0 radical (unpaired) electrons. The van der Waals surface area contributed by atoms with Crippen LogP contribution in [0.2, 0.25) is 0 Å². The summed E-state index contributed by atoms with van der Waals surface area (Å²) >= 11 is 0. The standard InChI is InChI=1S/C8H14O3/c1-5(2)8(3,4)6(9)7(10)11/h6,9H,1H2,2-4H3,(H,10,11). The number of carboxylic acid groups (broad SMARTS) is 1. The van der Waals surface area contributed by atoms with E-state index in [2.05, 4.69) is 6.58 Å². The molecule has 0 aliphatic rings. The van der Waals surface area contributed by atoms with E-state index in [0.29, 0.717) is 5.57 Å². The molecular weight excluding hydrogens is 144 g/mol. The fourth-order valence-corrected chi connectivity index (χ4v) is 0.542. The Morgan fingerprint density at radius 2 is 1.91 bits per heavy atom. The Labute approximate surface area is 66.4 Å². The SMILES string of the molecule is C=C(C)C(C)(C)C(O)C(=O)O. The maximum atomic E-state index is 10.4. The van der Waals surface area contributed by atoms with Crippen LogP contribution in [0.4, 0.5) is 0 Å². The van der Waals surface area contributed by atoms with Crippen LogP contribution in [0, 0.1) is 5.41 Å². The highest BCUT2D eigenvalue weighted by Crippen LogP contribution is 2.28. The zero-order chi connectivity index (χ0) is 9.23. The molecule has 0 aromatic heterocycles. The van der Waals surface area contributed by atoms with Crippen molar-refractivity contribution in [2.75, 3.05) is 0 Å². The van der Waals surface area contributed by atoms with Crippen molar-refractivity contribution in [3.8, 4) is 0 Å². The van der Waals surface area contributed by atoms with Crippen LogP contribution in [0.5, 0.6) is 0 Å². The molecule has 1 atom stereocenters. The largest absolute Gasteiger partial charge is 0.479 e. The average Bonchev–Trinajstić information content (AvgIpc) is 1.85. The Kier molecular flexibility index (Phi) is 2.82. The van der Waals surface area contributed by atoms with Gasteiger partial charge in [0, 0.05) is 5.41 Å². The molecule has 0 rings (SSSR count). The molecule has 0 amide bonds. The summed E-state index contributed by atoms with van der Waals surface area (Å²) in [6.45, 7) is 8.60. The average molecular weight is 158 g/mol. The molecule has 0 fully saturated rings. The van der Waals surface area contributed by atoms with E-state index in [9.17, 15) is 4.79 Å². The minimum atomic E-state index is -1.38. The van der Waals surface area contributed by atoms with Gasteiger partial charge in [-0.05, 0) is 6.92 Å². The van der Waals surface area contributed by atoms with Crippen molar-refractivity contribution in [1.29, 1.82) is 0 Å². The van der Waals surface area contributed by atoms with E-state index in [1.54, 1.807) is 20.8 Å². The summed E-state index contributed by atoms with van der Waals surface area (Å²) in [4.78, 5) is 10.4. The quantitative estimate of drug-likeness (QED) is 0.603. The number of aliphatic hydroxyl groups excluding tert-OH is 1. The highest BCUT2D eigenvalue weighted by Gasteiger charge is 2.33. The second-order valence-corrected chi connectivity index (χ2v) is 3.24. The predicted octanol–water partition coefficient (Wildman–Crippen LogP) is 1.03. The molecule has 0 bridgehead atoms. The number of aliphatic hydroxyl groups is 1. The lowest BCUT2D eigenvalue weighted by atomic mass is 9.80. The molecule has 0 aromatic carbocycles. The molecule has 0 aliphatic heterocycles. The molecule has 11 heavy (non-hydrogen) atoms. The highest BCUT2D eigenvalue weighted by molar-refractivity contribution is 5.73. The Morgan fingerprint density at radius 3 is 2.00 bits per heavy atom. The van der Waals surface area contributed by atoms with Gasteiger partial charge in [0.15, 0.2) is 6.10 Å². The minimum Gasteiger partial charge on any atom is -0.479 e. The highest BCUT2D eigenvalue weighted by atomic mass is 16.4.